The minimum Gasteiger partial charge on any atom is -0.371 e. The largest absolute Gasteiger partial charge is 0.371 e. The minimum atomic E-state index is -0.337. The number of anilines is 1. The zero-order chi connectivity index (χ0) is 17.8. The molecule has 0 unspecified atom stereocenters. The highest BCUT2D eigenvalue weighted by atomic mass is 33.1. The van der Waals surface area contributed by atoms with E-state index in [1.54, 1.807) is 39.8 Å². The highest BCUT2D eigenvalue weighted by molar-refractivity contribution is 8.76. The number of hydrogen-bond donors (Lipinski definition) is 0. The summed E-state index contributed by atoms with van der Waals surface area (Å²) in [6, 6.07) is 5.03. The third-order valence-corrected chi connectivity index (χ3v) is 5.99. The molecule has 1 saturated heterocycles. The fourth-order valence-corrected chi connectivity index (χ4v) is 4.40. The Labute approximate surface area is 154 Å². The number of nitro benzene ring substituents is 1. The monoisotopic (exact) mass is 379 g/mol. The molecule has 0 N–H and O–H groups in total. The van der Waals surface area contributed by atoms with Crippen LogP contribution in [0.3, 0.4) is 0 Å². The molecule has 0 bridgehead atoms. The number of non-ortho nitro benzene ring substituents is 1. The number of nitro groups is 1. The second kappa shape index (κ2) is 8.09. The molecule has 0 spiro atoms. The smallest absolute Gasteiger partial charge is 0.271 e. The molecule has 2 heterocycles. The van der Waals surface area contributed by atoms with Gasteiger partial charge < -0.3 is 9.47 Å². The molecule has 9 heteroatoms. The molecular formula is C16H21N5O2S2. The second-order valence-corrected chi connectivity index (χ2v) is 8.34. The van der Waals surface area contributed by atoms with E-state index < -0.39 is 0 Å². The molecule has 0 amide bonds. The van der Waals surface area contributed by atoms with Crippen LogP contribution in [-0.2, 0) is 7.05 Å². The van der Waals surface area contributed by atoms with Crippen molar-refractivity contribution in [1.82, 2.24) is 14.8 Å². The van der Waals surface area contributed by atoms with Crippen LogP contribution in [-0.4, -0.2) is 39.0 Å². The molecule has 0 radical (unpaired) electrons. The minimum absolute atomic E-state index is 0.115. The van der Waals surface area contributed by atoms with Crippen molar-refractivity contribution in [1.29, 1.82) is 0 Å². The molecule has 25 heavy (non-hydrogen) atoms. The number of aromatic nitrogens is 3. The lowest BCUT2D eigenvalue weighted by Gasteiger charge is -2.25. The standard InChI is InChI=1S/C16H21N5O2S2/c1-19-15(17-18-16(19)25-24-2)13-8-7-12(21(22)23)11-14(13)20-9-5-3-4-6-10-20/h7-8,11H,3-6,9-10H2,1-2H3. The molecule has 134 valence electrons. The average molecular weight is 380 g/mol. The van der Waals surface area contributed by atoms with Crippen molar-refractivity contribution in [3.05, 3.63) is 28.3 Å². The number of hydrogen-bond acceptors (Lipinski definition) is 7. The van der Waals surface area contributed by atoms with Crippen molar-refractivity contribution in [2.75, 3.05) is 24.2 Å². The summed E-state index contributed by atoms with van der Waals surface area (Å²) in [5, 5.41) is 20.7. The molecule has 1 aliphatic heterocycles. The molecule has 2 aromatic rings. The van der Waals surface area contributed by atoms with E-state index in [0.717, 1.165) is 48.2 Å². The summed E-state index contributed by atoms with van der Waals surface area (Å²) in [5.74, 6) is 0.741. The van der Waals surface area contributed by atoms with E-state index in [0.29, 0.717) is 0 Å². The van der Waals surface area contributed by atoms with Crippen LogP contribution in [0.25, 0.3) is 11.4 Å². The Kier molecular flexibility index (Phi) is 5.85. The van der Waals surface area contributed by atoms with Crippen LogP contribution >= 0.6 is 21.6 Å². The van der Waals surface area contributed by atoms with E-state index in [1.165, 1.54) is 12.8 Å². The van der Waals surface area contributed by atoms with Gasteiger partial charge in [0.05, 0.1) is 10.6 Å². The van der Waals surface area contributed by atoms with Crippen LogP contribution in [0.2, 0.25) is 0 Å². The zero-order valence-electron chi connectivity index (χ0n) is 14.3. The van der Waals surface area contributed by atoms with Crippen LogP contribution in [0.5, 0.6) is 0 Å². The average Bonchev–Trinajstić information content (AvgIpc) is 2.81. The summed E-state index contributed by atoms with van der Waals surface area (Å²) in [6.07, 6.45) is 6.62. The lowest BCUT2D eigenvalue weighted by Crippen LogP contribution is -2.24. The van der Waals surface area contributed by atoms with E-state index in [1.807, 2.05) is 17.9 Å². The number of benzene rings is 1. The molecule has 1 fully saturated rings. The van der Waals surface area contributed by atoms with Crippen LogP contribution in [0.1, 0.15) is 25.7 Å². The Hall–Kier alpha value is -1.74. The van der Waals surface area contributed by atoms with Crippen molar-refractivity contribution in [3.63, 3.8) is 0 Å². The van der Waals surface area contributed by atoms with E-state index in [2.05, 4.69) is 15.1 Å². The first-order chi connectivity index (χ1) is 12.1. The normalized spacial score (nSPS) is 15.2. The molecule has 1 aliphatic rings. The Morgan fingerprint density at radius 1 is 1.16 bits per heavy atom. The van der Waals surface area contributed by atoms with Crippen molar-refractivity contribution in [2.24, 2.45) is 7.05 Å². The maximum absolute atomic E-state index is 11.3. The summed E-state index contributed by atoms with van der Waals surface area (Å²) in [6.45, 7) is 1.83. The Bertz CT molecular complexity index is 757. The van der Waals surface area contributed by atoms with E-state index >= 15 is 0 Å². The van der Waals surface area contributed by atoms with Gasteiger partial charge in [-0.05, 0) is 36.0 Å². The van der Waals surface area contributed by atoms with Gasteiger partial charge in [-0.15, -0.1) is 10.2 Å². The van der Waals surface area contributed by atoms with Gasteiger partial charge >= 0.3 is 0 Å². The molecule has 3 rings (SSSR count). The SMILES string of the molecule is CSSc1nnc(-c2ccc([N+](=O)[O-])cc2N2CCCCCC2)n1C. The lowest BCUT2D eigenvalue weighted by atomic mass is 10.1. The Morgan fingerprint density at radius 3 is 2.52 bits per heavy atom. The van der Waals surface area contributed by atoms with Gasteiger partial charge in [0.1, 0.15) is 0 Å². The third kappa shape index (κ3) is 3.92. The van der Waals surface area contributed by atoms with Crippen molar-refractivity contribution >= 4 is 33.0 Å². The highest BCUT2D eigenvalue weighted by Crippen LogP contribution is 2.36. The van der Waals surface area contributed by atoms with Crippen molar-refractivity contribution in [3.8, 4) is 11.4 Å². The maximum Gasteiger partial charge on any atom is 0.271 e. The van der Waals surface area contributed by atoms with Gasteiger partial charge in [-0.3, -0.25) is 10.1 Å². The second-order valence-electron chi connectivity index (χ2n) is 5.98. The van der Waals surface area contributed by atoms with Crippen LogP contribution in [0.15, 0.2) is 23.4 Å². The topological polar surface area (TPSA) is 77.1 Å². The van der Waals surface area contributed by atoms with Gasteiger partial charge in [0.15, 0.2) is 5.82 Å². The number of rotatable bonds is 5. The Balaban J connectivity index is 2.07. The molecule has 0 atom stereocenters. The first kappa shape index (κ1) is 18.1. The summed E-state index contributed by atoms with van der Waals surface area (Å²) in [4.78, 5) is 13.2. The van der Waals surface area contributed by atoms with Crippen LogP contribution in [0, 0.1) is 10.1 Å². The van der Waals surface area contributed by atoms with Crippen molar-refractivity contribution < 1.29 is 4.92 Å². The summed E-state index contributed by atoms with van der Waals surface area (Å²) >= 11 is 0. The van der Waals surface area contributed by atoms with Crippen LogP contribution < -0.4 is 4.90 Å². The predicted molar refractivity (Wildman–Crippen MR) is 103 cm³/mol. The van der Waals surface area contributed by atoms with Gasteiger partial charge in [0, 0.05) is 37.8 Å². The van der Waals surface area contributed by atoms with Gasteiger partial charge in [-0.25, -0.2) is 0 Å². The number of nitrogens with zero attached hydrogens (tertiary/aromatic N) is 5. The fraction of sp³-hybridized carbons (Fsp3) is 0.500. The molecule has 1 aromatic heterocycles. The highest BCUT2D eigenvalue weighted by Gasteiger charge is 2.22. The molecule has 1 aromatic carbocycles. The zero-order valence-corrected chi connectivity index (χ0v) is 16.0. The molecule has 0 saturated carbocycles. The fourth-order valence-electron chi connectivity index (χ4n) is 3.09. The Morgan fingerprint density at radius 2 is 1.88 bits per heavy atom. The summed E-state index contributed by atoms with van der Waals surface area (Å²) in [7, 11) is 5.10. The van der Waals surface area contributed by atoms with E-state index in [-0.39, 0.29) is 10.6 Å². The van der Waals surface area contributed by atoms with Gasteiger partial charge in [0.25, 0.3) is 5.69 Å². The third-order valence-electron chi connectivity index (χ3n) is 4.37. The summed E-state index contributed by atoms with van der Waals surface area (Å²) in [5.41, 5.74) is 1.90. The maximum atomic E-state index is 11.3. The van der Waals surface area contributed by atoms with Gasteiger partial charge in [0.2, 0.25) is 5.16 Å². The molecular weight excluding hydrogens is 358 g/mol. The quantitative estimate of drug-likeness (QED) is 0.439. The molecule has 0 aliphatic carbocycles. The van der Waals surface area contributed by atoms with E-state index in [4.69, 9.17) is 0 Å². The molecule has 7 nitrogen and oxygen atoms in total. The van der Waals surface area contributed by atoms with Crippen LogP contribution in [0.4, 0.5) is 11.4 Å². The lowest BCUT2D eigenvalue weighted by molar-refractivity contribution is -0.384. The van der Waals surface area contributed by atoms with Gasteiger partial charge in [-0.1, -0.05) is 23.6 Å². The summed E-state index contributed by atoms with van der Waals surface area (Å²) < 4.78 is 1.95. The van der Waals surface area contributed by atoms with E-state index in [9.17, 15) is 10.1 Å². The van der Waals surface area contributed by atoms with Crippen molar-refractivity contribution in [2.45, 2.75) is 30.8 Å². The van der Waals surface area contributed by atoms with Gasteiger partial charge in [-0.2, -0.15) is 0 Å². The first-order valence-electron chi connectivity index (χ1n) is 8.25. The first-order valence-corrected chi connectivity index (χ1v) is 10.8. The predicted octanol–water partition coefficient (Wildman–Crippen LogP) is 4.14.